The Morgan fingerprint density at radius 3 is 2.71 bits per heavy atom. The van der Waals surface area contributed by atoms with E-state index in [2.05, 4.69) is 28.3 Å². The molecular weight excluding hydrogens is 260 g/mol. The number of nitrogens with two attached hydrogens (primary N) is 1. The summed E-state index contributed by atoms with van der Waals surface area (Å²) in [6.07, 6.45) is 4.57. The van der Waals surface area contributed by atoms with Crippen LogP contribution in [0, 0.1) is 0 Å². The first kappa shape index (κ1) is 13.4. The molecule has 0 unspecified atom stereocenters. The Hall–Kier alpha value is -2.62. The van der Waals surface area contributed by atoms with E-state index in [0.717, 1.165) is 34.4 Å². The summed E-state index contributed by atoms with van der Waals surface area (Å²) in [4.78, 5) is 8.75. The molecule has 2 heterocycles. The molecule has 4 heteroatoms. The molecule has 0 bridgehead atoms. The standard InChI is InChI=1S/C17H18N4/c1-2-12-5-3-9-20-16(12)11-21-15-8-7-14-13(17(15)18)6-4-10-19-14/h3-10,21H,2,11,18H2,1H3. The molecule has 0 atom stereocenters. The van der Waals surface area contributed by atoms with E-state index in [4.69, 9.17) is 5.73 Å². The van der Waals surface area contributed by atoms with Crippen molar-refractivity contribution < 1.29 is 0 Å². The summed E-state index contributed by atoms with van der Waals surface area (Å²) in [7, 11) is 0. The smallest absolute Gasteiger partial charge is 0.0724 e. The highest BCUT2D eigenvalue weighted by Crippen LogP contribution is 2.27. The highest BCUT2D eigenvalue weighted by atomic mass is 14.9. The van der Waals surface area contributed by atoms with Gasteiger partial charge in [0.05, 0.1) is 29.1 Å². The van der Waals surface area contributed by atoms with Crippen LogP contribution in [0.4, 0.5) is 11.4 Å². The number of fused-ring (bicyclic) bond motifs is 1. The molecule has 0 aliphatic rings. The maximum atomic E-state index is 6.23. The Morgan fingerprint density at radius 1 is 1.05 bits per heavy atom. The molecule has 0 aliphatic heterocycles. The van der Waals surface area contributed by atoms with Gasteiger partial charge in [-0.25, -0.2) is 0 Å². The molecule has 4 nitrogen and oxygen atoms in total. The first-order valence-corrected chi connectivity index (χ1v) is 7.09. The molecule has 21 heavy (non-hydrogen) atoms. The summed E-state index contributed by atoms with van der Waals surface area (Å²) in [6, 6.07) is 11.9. The van der Waals surface area contributed by atoms with E-state index in [-0.39, 0.29) is 0 Å². The molecular formula is C17H18N4. The van der Waals surface area contributed by atoms with Crippen LogP contribution in [0.25, 0.3) is 10.9 Å². The number of aromatic nitrogens is 2. The van der Waals surface area contributed by atoms with Gasteiger partial charge in [0.2, 0.25) is 0 Å². The van der Waals surface area contributed by atoms with Crippen molar-refractivity contribution in [3.8, 4) is 0 Å². The largest absolute Gasteiger partial charge is 0.397 e. The normalized spacial score (nSPS) is 10.7. The van der Waals surface area contributed by atoms with Crippen LogP contribution < -0.4 is 11.1 Å². The Bertz CT molecular complexity index is 768. The van der Waals surface area contributed by atoms with Crippen molar-refractivity contribution in [3.63, 3.8) is 0 Å². The molecule has 3 rings (SSSR count). The van der Waals surface area contributed by atoms with Crippen LogP contribution >= 0.6 is 0 Å². The van der Waals surface area contributed by atoms with Gasteiger partial charge in [-0.2, -0.15) is 0 Å². The van der Waals surface area contributed by atoms with Crippen molar-refractivity contribution in [1.82, 2.24) is 9.97 Å². The molecule has 0 radical (unpaired) electrons. The number of anilines is 2. The number of aryl methyl sites for hydroxylation is 1. The molecule has 0 aliphatic carbocycles. The number of nitrogens with one attached hydrogen (secondary N) is 1. The third-order valence-electron chi connectivity index (χ3n) is 3.64. The maximum Gasteiger partial charge on any atom is 0.0724 e. The van der Waals surface area contributed by atoms with Gasteiger partial charge in [0.1, 0.15) is 0 Å². The summed E-state index contributed by atoms with van der Waals surface area (Å²) in [6.45, 7) is 2.80. The lowest BCUT2D eigenvalue weighted by molar-refractivity contribution is 0.972. The molecule has 2 aromatic heterocycles. The first-order chi connectivity index (χ1) is 10.3. The molecule has 0 saturated heterocycles. The second kappa shape index (κ2) is 5.79. The minimum absolute atomic E-state index is 0.667. The highest BCUT2D eigenvalue weighted by molar-refractivity contribution is 5.96. The summed E-state index contributed by atoms with van der Waals surface area (Å²) in [5, 5.41) is 4.35. The molecule has 1 aromatic carbocycles. The van der Waals surface area contributed by atoms with E-state index in [1.54, 1.807) is 6.20 Å². The van der Waals surface area contributed by atoms with Gasteiger partial charge >= 0.3 is 0 Å². The van der Waals surface area contributed by atoms with Gasteiger partial charge in [-0.15, -0.1) is 0 Å². The fourth-order valence-corrected chi connectivity index (χ4v) is 2.46. The molecule has 0 amide bonds. The van der Waals surface area contributed by atoms with E-state index in [9.17, 15) is 0 Å². The molecule has 0 spiro atoms. The van der Waals surface area contributed by atoms with Crippen molar-refractivity contribution in [3.05, 3.63) is 60.0 Å². The molecule has 106 valence electrons. The van der Waals surface area contributed by atoms with Crippen LogP contribution in [0.15, 0.2) is 48.8 Å². The predicted molar refractivity (Wildman–Crippen MR) is 87.1 cm³/mol. The third kappa shape index (κ3) is 2.65. The summed E-state index contributed by atoms with van der Waals surface area (Å²) in [5.41, 5.74) is 11.1. The van der Waals surface area contributed by atoms with E-state index in [1.807, 2.05) is 36.5 Å². The van der Waals surface area contributed by atoms with Gasteiger partial charge in [0.25, 0.3) is 0 Å². The van der Waals surface area contributed by atoms with Crippen molar-refractivity contribution in [2.75, 3.05) is 11.1 Å². The number of rotatable bonds is 4. The second-order valence-electron chi connectivity index (χ2n) is 4.91. The molecule has 3 N–H and O–H groups in total. The van der Waals surface area contributed by atoms with Crippen LogP contribution in [-0.2, 0) is 13.0 Å². The fraction of sp³-hybridized carbons (Fsp3) is 0.176. The van der Waals surface area contributed by atoms with Crippen molar-refractivity contribution in [2.24, 2.45) is 0 Å². The van der Waals surface area contributed by atoms with Crippen LogP contribution in [0.1, 0.15) is 18.2 Å². The number of nitrogens with zero attached hydrogens (tertiary/aromatic N) is 2. The van der Waals surface area contributed by atoms with Crippen molar-refractivity contribution >= 4 is 22.3 Å². The van der Waals surface area contributed by atoms with Gasteiger partial charge in [-0.3, -0.25) is 9.97 Å². The van der Waals surface area contributed by atoms with Crippen LogP contribution in [0.2, 0.25) is 0 Å². The minimum atomic E-state index is 0.667. The summed E-state index contributed by atoms with van der Waals surface area (Å²) < 4.78 is 0. The average Bonchev–Trinajstić information content (AvgIpc) is 2.55. The summed E-state index contributed by atoms with van der Waals surface area (Å²) >= 11 is 0. The van der Waals surface area contributed by atoms with Crippen LogP contribution in [0.5, 0.6) is 0 Å². The van der Waals surface area contributed by atoms with Gasteiger partial charge in [-0.05, 0) is 42.3 Å². The lowest BCUT2D eigenvalue weighted by atomic mass is 10.1. The SMILES string of the molecule is CCc1cccnc1CNc1ccc2ncccc2c1N. The molecule has 0 fully saturated rings. The number of hydrogen-bond donors (Lipinski definition) is 2. The number of nitrogen functional groups attached to an aromatic ring is 1. The van der Waals surface area contributed by atoms with E-state index < -0.39 is 0 Å². The summed E-state index contributed by atoms with van der Waals surface area (Å²) in [5.74, 6) is 0. The number of hydrogen-bond acceptors (Lipinski definition) is 4. The third-order valence-corrected chi connectivity index (χ3v) is 3.64. The van der Waals surface area contributed by atoms with E-state index in [0.29, 0.717) is 6.54 Å². The number of benzene rings is 1. The quantitative estimate of drug-likeness (QED) is 0.718. The van der Waals surface area contributed by atoms with Gasteiger partial charge in [0.15, 0.2) is 0 Å². The van der Waals surface area contributed by atoms with E-state index in [1.165, 1.54) is 5.56 Å². The zero-order chi connectivity index (χ0) is 14.7. The van der Waals surface area contributed by atoms with E-state index >= 15 is 0 Å². The van der Waals surface area contributed by atoms with Crippen LogP contribution in [-0.4, -0.2) is 9.97 Å². The Morgan fingerprint density at radius 2 is 1.86 bits per heavy atom. The van der Waals surface area contributed by atoms with Crippen molar-refractivity contribution in [1.29, 1.82) is 0 Å². The monoisotopic (exact) mass is 278 g/mol. The Balaban J connectivity index is 1.87. The second-order valence-corrected chi connectivity index (χ2v) is 4.91. The zero-order valence-corrected chi connectivity index (χ0v) is 12.0. The fourth-order valence-electron chi connectivity index (χ4n) is 2.46. The zero-order valence-electron chi connectivity index (χ0n) is 12.0. The minimum Gasteiger partial charge on any atom is -0.397 e. The molecule has 3 aromatic rings. The highest BCUT2D eigenvalue weighted by Gasteiger charge is 2.06. The predicted octanol–water partition coefficient (Wildman–Crippen LogP) is 3.39. The van der Waals surface area contributed by atoms with Gasteiger partial charge < -0.3 is 11.1 Å². The first-order valence-electron chi connectivity index (χ1n) is 7.09. The maximum absolute atomic E-state index is 6.23. The molecule has 0 saturated carbocycles. The Labute approximate surface area is 124 Å². The lowest BCUT2D eigenvalue weighted by Crippen LogP contribution is -2.06. The average molecular weight is 278 g/mol. The van der Waals surface area contributed by atoms with Crippen LogP contribution in [0.3, 0.4) is 0 Å². The number of pyridine rings is 2. The van der Waals surface area contributed by atoms with Gasteiger partial charge in [-0.1, -0.05) is 13.0 Å². The van der Waals surface area contributed by atoms with Gasteiger partial charge in [0, 0.05) is 17.8 Å². The lowest BCUT2D eigenvalue weighted by Gasteiger charge is -2.12. The van der Waals surface area contributed by atoms with Crippen molar-refractivity contribution in [2.45, 2.75) is 19.9 Å². The Kier molecular flexibility index (Phi) is 3.69. The topological polar surface area (TPSA) is 63.8 Å².